The molecule has 1 aliphatic rings. The summed E-state index contributed by atoms with van der Waals surface area (Å²) in [6, 6.07) is 0.365. The molecule has 0 aromatic carbocycles. The van der Waals surface area contributed by atoms with Gasteiger partial charge >= 0.3 is 5.97 Å². The molecule has 1 rings (SSSR count). The van der Waals surface area contributed by atoms with Crippen LogP contribution in [0.4, 0.5) is 0 Å². The standard InChI is InChI=1S/C11H19NO3/c1-15-11(14)5-8-12-7-3-2-4-10(12)6-9-13/h5,8,10,13H,2-4,6-7,9H2,1H3. The summed E-state index contributed by atoms with van der Waals surface area (Å²) in [6.45, 7) is 1.16. The van der Waals surface area contributed by atoms with Crippen molar-refractivity contribution in [1.29, 1.82) is 0 Å². The first-order valence-corrected chi connectivity index (χ1v) is 5.40. The van der Waals surface area contributed by atoms with Gasteiger partial charge in [-0.05, 0) is 25.7 Å². The summed E-state index contributed by atoms with van der Waals surface area (Å²) in [5.41, 5.74) is 0. The molecule has 4 heteroatoms. The third kappa shape index (κ3) is 3.91. The highest BCUT2D eigenvalue weighted by Crippen LogP contribution is 2.19. The zero-order chi connectivity index (χ0) is 11.1. The molecule has 0 spiro atoms. The fourth-order valence-electron chi connectivity index (χ4n) is 1.90. The Balaban J connectivity index is 2.48. The van der Waals surface area contributed by atoms with Gasteiger partial charge in [-0.3, -0.25) is 0 Å². The molecular formula is C11H19NO3. The van der Waals surface area contributed by atoms with Crippen LogP contribution in [0.1, 0.15) is 25.7 Å². The number of hydrogen-bond acceptors (Lipinski definition) is 4. The van der Waals surface area contributed by atoms with Gasteiger partial charge in [0.05, 0.1) is 7.11 Å². The van der Waals surface area contributed by atoms with E-state index in [0.29, 0.717) is 6.04 Å². The van der Waals surface area contributed by atoms with E-state index in [4.69, 9.17) is 5.11 Å². The molecule has 1 fully saturated rings. The molecule has 1 atom stereocenters. The van der Waals surface area contributed by atoms with E-state index in [2.05, 4.69) is 9.64 Å². The van der Waals surface area contributed by atoms with Crippen molar-refractivity contribution in [3.8, 4) is 0 Å². The van der Waals surface area contributed by atoms with Gasteiger partial charge < -0.3 is 14.7 Å². The van der Waals surface area contributed by atoms with Crippen molar-refractivity contribution in [2.75, 3.05) is 20.3 Å². The van der Waals surface area contributed by atoms with Crippen LogP contribution in [0.25, 0.3) is 0 Å². The highest BCUT2D eigenvalue weighted by Gasteiger charge is 2.18. The minimum Gasteiger partial charge on any atom is -0.466 e. The molecule has 1 saturated heterocycles. The third-order valence-corrected chi connectivity index (χ3v) is 2.74. The Bertz CT molecular complexity index is 226. The van der Waals surface area contributed by atoms with E-state index < -0.39 is 0 Å². The Hall–Kier alpha value is -1.03. The summed E-state index contributed by atoms with van der Waals surface area (Å²) >= 11 is 0. The lowest BCUT2D eigenvalue weighted by atomic mass is 10.0. The monoisotopic (exact) mass is 213 g/mol. The molecule has 0 aliphatic carbocycles. The molecular weight excluding hydrogens is 194 g/mol. The zero-order valence-electron chi connectivity index (χ0n) is 9.19. The van der Waals surface area contributed by atoms with E-state index in [9.17, 15) is 4.79 Å². The van der Waals surface area contributed by atoms with Crippen molar-refractivity contribution in [2.45, 2.75) is 31.7 Å². The summed E-state index contributed by atoms with van der Waals surface area (Å²) in [4.78, 5) is 13.1. The number of aliphatic hydroxyl groups is 1. The van der Waals surface area contributed by atoms with Crippen LogP contribution in [0.3, 0.4) is 0 Å². The van der Waals surface area contributed by atoms with Crippen LogP contribution in [0.15, 0.2) is 12.3 Å². The predicted molar refractivity (Wildman–Crippen MR) is 57.2 cm³/mol. The number of methoxy groups -OCH3 is 1. The summed E-state index contributed by atoms with van der Waals surface area (Å²) in [5, 5.41) is 8.92. The second kappa shape index (κ2) is 6.45. The maximum Gasteiger partial charge on any atom is 0.331 e. The zero-order valence-corrected chi connectivity index (χ0v) is 9.19. The minimum absolute atomic E-state index is 0.202. The highest BCUT2D eigenvalue weighted by atomic mass is 16.5. The SMILES string of the molecule is COC(=O)C=CN1CCCCC1CCO. The van der Waals surface area contributed by atoms with Gasteiger partial charge in [-0.15, -0.1) is 0 Å². The number of rotatable bonds is 4. The van der Waals surface area contributed by atoms with Crippen LogP contribution in [-0.2, 0) is 9.53 Å². The average molecular weight is 213 g/mol. The topological polar surface area (TPSA) is 49.8 Å². The number of aliphatic hydroxyl groups excluding tert-OH is 1. The van der Waals surface area contributed by atoms with Gasteiger partial charge in [0, 0.05) is 31.5 Å². The average Bonchev–Trinajstić information content (AvgIpc) is 2.28. The molecule has 4 nitrogen and oxygen atoms in total. The largest absolute Gasteiger partial charge is 0.466 e. The smallest absolute Gasteiger partial charge is 0.331 e. The van der Waals surface area contributed by atoms with Gasteiger partial charge in [-0.2, -0.15) is 0 Å². The minimum atomic E-state index is -0.330. The van der Waals surface area contributed by atoms with Gasteiger partial charge in [0.15, 0.2) is 0 Å². The molecule has 1 N–H and O–H groups in total. The number of nitrogens with zero attached hydrogens (tertiary/aromatic N) is 1. The Morgan fingerprint density at radius 2 is 2.40 bits per heavy atom. The molecule has 1 aliphatic heterocycles. The van der Waals surface area contributed by atoms with Gasteiger partial charge in [0.2, 0.25) is 0 Å². The Kier molecular flexibility index (Phi) is 5.18. The van der Waals surface area contributed by atoms with Gasteiger partial charge in [-0.25, -0.2) is 4.79 Å². The van der Waals surface area contributed by atoms with E-state index in [-0.39, 0.29) is 12.6 Å². The molecule has 0 saturated carbocycles. The van der Waals surface area contributed by atoms with Crippen LogP contribution in [0.5, 0.6) is 0 Å². The van der Waals surface area contributed by atoms with E-state index in [1.165, 1.54) is 19.6 Å². The summed E-state index contributed by atoms with van der Waals surface area (Å²) in [5.74, 6) is -0.330. The second-order valence-corrected chi connectivity index (χ2v) is 3.74. The molecule has 0 radical (unpaired) electrons. The third-order valence-electron chi connectivity index (χ3n) is 2.74. The quantitative estimate of drug-likeness (QED) is 0.557. The van der Waals surface area contributed by atoms with Crippen LogP contribution in [0, 0.1) is 0 Å². The fraction of sp³-hybridized carbons (Fsp3) is 0.727. The molecule has 0 bridgehead atoms. The van der Waals surface area contributed by atoms with Crippen molar-refractivity contribution in [2.24, 2.45) is 0 Å². The first-order chi connectivity index (χ1) is 7.27. The molecule has 0 aromatic rings. The Morgan fingerprint density at radius 3 is 3.07 bits per heavy atom. The van der Waals surface area contributed by atoms with Gasteiger partial charge in [0.1, 0.15) is 0 Å². The number of carbonyl (C=O) groups excluding carboxylic acids is 1. The number of hydrogen-bond donors (Lipinski definition) is 1. The van der Waals surface area contributed by atoms with Crippen LogP contribution in [-0.4, -0.2) is 42.3 Å². The lowest BCUT2D eigenvalue weighted by Crippen LogP contribution is -2.36. The fourth-order valence-corrected chi connectivity index (χ4v) is 1.90. The number of esters is 1. The van der Waals surface area contributed by atoms with Crippen LogP contribution in [0.2, 0.25) is 0 Å². The summed E-state index contributed by atoms with van der Waals surface area (Å²) in [6.07, 6.45) is 7.43. The van der Waals surface area contributed by atoms with Crippen molar-refractivity contribution < 1.29 is 14.6 Å². The summed E-state index contributed by atoms with van der Waals surface area (Å²) in [7, 11) is 1.37. The predicted octanol–water partition coefficient (Wildman–Crippen LogP) is 0.910. The van der Waals surface area contributed by atoms with Crippen molar-refractivity contribution in [3.05, 3.63) is 12.3 Å². The van der Waals surface area contributed by atoms with Gasteiger partial charge in [-0.1, -0.05) is 0 Å². The molecule has 86 valence electrons. The van der Waals surface area contributed by atoms with E-state index >= 15 is 0 Å². The normalized spacial score (nSPS) is 22.0. The van der Waals surface area contributed by atoms with E-state index in [1.54, 1.807) is 6.20 Å². The van der Waals surface area contributed by atoms with Crippen molar-refractivity contribution in [1.82, 2.24) is 4.90 Å². The number of ether oxygens (including phenoxy) is 1. The molecule has 0 aromatic heterocycles. The van der Waals surface area contributed by atoms with Crippen molar-refractivity contribution in [3.63, 3.8) is 0 Å². The number of carbonyl (C=O) groups is 1. The molecule has 1 heterocycles. The molecule has 0 amide bonds. The summed E-state index contributed by atoms with van der Waals surface area (Å²) < 4.78 is 4.53. The van der Waals surface area contributed by atoms with E-state index in [0.717, 1.165) is 25.8 Å². The lowest BCUT2D eigenvalue weighted by molar-refractivity contribution is -0.134. The molecule has 1 unspecified atom stereocenters. The lowest BCUT2D eigenvalue weighted by Gasteiger charge is -2.34. The van der Waals surface area contributed by atoms with E-state index in [1.807, 2.05) is 0 Å². The number of piperidine rings is 1. The Labute approximate surface area is 90.5 Å². The first-order valence-electron chi connectivity index (χ1n) is 5.40. The highest BCUT2D eigenvalue weighted by molar-refractivity contribution is 5.81. The Morgan fingerprint density at radius 1 is 1.60 bits per heavy atom. The first kappa shape index (κ1) is 12.0. The number of likely N-dealkylation sites (tertiary alicyclic amines) is 1. The molecule has 15 heavy (non-hydrogen) atoms. The van der Waals surface area contributed by atoms with Crippen LogP contribution >= 0.6 is 0 Å². The van der Waals surface area contributed by atoms with Gasteiger partial charge in [0.25, 0.3) is 0 Å². The van der Waals surface area contributed by atoms with Crippen LogP contribution < -0.4 is 0 Å². The van der Waals surface area contributed by atoms with Crippen molar-refractivity contribution >= 4 is 5.97 Å². The second-order valence-electron chi connectivity index (χ2n) is 3.74. The maximum absolute atomic E-state index is 10.9. The maximum atomic E-state index is 10.9.